The number of rotatable bonds is 7. The standard InChI is InChI=1S/C18H17F3N8O/c1-4-28(5-2)12-6-7-13(15(8-12)29(11-30)18(19,20)21)25-26-17-24-14(9-22)16(10-23)27(17)3/h6-8,11H,4-5H2,1-3H3. The van der Waals surface area contributed by atoms with Gasteiger partial charge in [-0.3, -0.25) is 4.79 Å². The van der Waals surface area contributed by atoms with Gasteiger partial charge >= 0.3 is 6.30 Å². The smallest absolute Gasteiger partial charge is 0.372 e. The molecule has 0 aliphatic carbocycles. The summed E-state index contributed by atoms with van der Waals surface area (Å²) in [5.74, 6) is -0.147. The van der Waals surface area contributed by atoms with Gasteiger partial charge in [0.1, 0.15) is 17.8 Å². The zero-order valence-corrected chi connectivity index (χ0v) is 16.3. The number of nitriles is 2. The Morgan fingerprint density at radius 2 is 1.87 bits per heavy atom. The third kappa shape index (κ3) is 4.38. The molecule has 2 aromatic rings. The maximum Gasteiger partial charge on any atom is 0.491 e. The van der Waals surface area contributed by atoms with Crippen LogP contribution >= 0.6 is 0 Å². The highest BCUT2D eigenvalue weighted by Gasteiger charge is 2.39. The number of imidazole rings is 1. The highest BCUT2D eigenvalue weighted by molar-refractivity contribution is 5.85. The second kappa shape index (κ2) is 9.05. The molecule has 0 atom stereocenters. The van der Waals surface area contributed by atoms with Gasteiger partial charge in [0.05, 0.1) is 5.69 Å². The zero-order valence-electron chi connectivity index (χ0n) is 16.3. The summed E-state index contributed by atoms with van der Waals surface area (Å²) in [6.45, 7) is 4.79. The highest BCUT2D eigenvalue weighted by atomic mass is 19.4. The lowest BCUT2D eigenvalue weighted by atomic mass is 10.2. The molecule has 1 aromatic heterocycles. The molecule has 0 unspecified atom stereocenters. The van der Waals surface area contributed by atoms with Crippen LogP contribution in [-0.2, 0) is 11.8 Å². The molecule has 2 rings (SSSR count). The van der Waals surface area contributed by atoms with E-state index in [-0.39, 0.29) is 29.4 Å². The molecule has 0 fully saturated rings. The quantitative estimate of drug-likeness (QED) is 0.384. The maximum absolute atomic E-state index is 13.4. The van der Waals surface area contributed by atoms with E-state index in [0.29, 0.717) is 18.8 Å². The van der Waals surface area contributed by atoms with Crippen molar-refractivity contribution in [3.63, 3.8) is 0 Å². The number of halogens is 3. The van der Waals surface area contributed by atoms with Gasteiger partial charge in [-0.05, 0) is 32.0 Å². The molecule has 1 aromatic carbocycles. The van der Waals surface area contributed by atoms with Crippen LogP contribution in [0.1, 0.15) is 25.2 Å². The van der Waals surface area contributed by atoms with Gasteiger partial charge in [-0.15, -0.1) is 23.4 Å². The van der Waals surface area contributed by atoms with E-state index in [1.807, 2.05) is 13.8 Å². The van der Waals surface area contributed by atoms with Crippen molar-refractivity contribution in [3.8, 4) is 12.1 Å². The molecule has 0 saturated carbocycles. The van der Waals surface area contributed by atoms with Crippen molar-refractivity contribution < 1.29 is 18.0 Å². The van der Waals surface area contributed by atoms with E-state index >= 15 is 0 Å². The molecule has 0 aliphatic heterocycles. The predicted molar refractivity (Wildman–Crippen MR) is 101 cm³/mol. The molecule has 0 radical (unpaired) electrons. The lowest BCUT2D eigenvalue weighted by Gasteiger charge is -2.25. The summed E-state index contributed by atoms with van der Waals surface area (Å²) in [5, 5.41) is 25.7. The van der Waals surface area contributed by atoms with E-state index in [0.717, 1.165) is 0 Å². The second-order valence-corrected chi connectivity index (χ2v) is 5.88. The van der Waals surface area contributed by atoms with Crippen LogP contribution in [0.4, 0.5) is 36.2 Å². The van der Waals surface area contributed by atoms with E-state index in [2.05, 4.69) is 15.2 Å². The van der Waals surface area contributed by atoms with Gasteiger partial charge in [0.2, 0.25) is 6.41 Å². The first-order chi connectivity index (χ1) is 14.2. The van der Waals surface area contributed by atoms with Gasteiger partial charge in [-0.25, -0.2) is 4.90 Å². The minimum atomic E-state index is -4.97. The summed E-state index contributed by atoms with van der Waals surface area (Å²) >= 11 is 0. The molecule has 0 saturated heterocycles. The number of alkyl halides is 3. The first-order valence-electron chi connectivity index (χ1n) is 8.70. The number of amides is 1. The van der Waals surface area contributed by atoms with Crippen molar-refractivity contribution in [2.45, 2.75) is 20.1 Å². The van der Waals surface area contributed by atoms with E-state index in [9.17, 15) is 18.0 Å². The molecule has 156 valence electrons. The van der Waals surface area contributed by atoms with Gasteiger partial charge in [0.15, 0.2) is 11.4 Å². The summed E-state index contributed by atoms with van der Waals surface area (Å²) in [6, 6.07) is 7.58. The van der Waals surface area contributed by atoms with Gasteiger partial charge in [0, 0.05) is 25.8 Å². The Labute approximate surface area is 170 Å². The van der Waals surface area contributed by atoms with Crippen LogP contribution in [0.5, 0.6) is 0 Å². The molecule has 12 heteroatoms. The number of aromatic nitrogens is 2. The molecule has 0 N–H and O–H groups in total. The minimum absolute atomic E-state index is 0.0617. The van der Waals surface area contributed by atoms with Gasteiger partial charge in [0.25, 0.3) is 5.95 Å². The van der Waals surface area contributed by atoms with E-state index in [1.54, 1.807) is 23.1 Å². The summed E-state index contributed by atoms with van der Waals surface area (Å²) in [7, 11) is 1.42. The van der Waals surface area contributed by atoms with Gasteiger partial charge in [-0.1, -0.05) is 0 Å². The monoisotopic (exact) mass is 418 g/mol. The minimum Gasteiger partial charge on any atom is -0.372 e. The van der Waals surface area contributed by atoms with Crippen LogP contribution in [-0.4, -0.2) is 35.4 Å². The topological polar surface area (TPSA) is 114 Å². The maximum atomic E-state index is 13.4. The number of benzene rings is 1. The molecule has 1 amide bonds. The number of nitrogens with zero attached hydrogens (tertiary/aromatic N) is 8. The van der Waals surface area contributed by atoms with Crippen molar-refractivity contribution in [2.75, 3.05) is 22.9 Å². The lowest BCUT2D eigenvalue weighted by Crippen LogP contribution is -2.37. The van der Waals surface area contributed by atoms with E-state index in [1.165, 1.54) is 23.7 Å². The first-order valence-corrected chi connectivity index (χ1v) is 8.70. The Kier molecular flexibility index (Phi) is 6.74. The molecule has 1 heterocycles. The Bertz CT molecular complexity index is 1040. The summed E-state index contributed by atoms with van der Waals surface area (Å²) in [6.07, 6.45) is -5.32. The molecule has 30 heavy (non-hydrogen) atoms. The van der Waals surface area contributed by atoms with E-state index in [4.69, 9.17) is 10.5 Å². The largest absolute Gasteiger partial charge is 0.491 e. The first kappa shape index (κ1) is 22.4. The normalized spacial score (nSPS) is 11.2. The summed E-state index contributed by atoms with van der Waals surface area (Å²) in [4.78, 5) is 16.5. The number of anilines is 2. The number of carbonyl (C=O) groups is 1. The fourth-order valence-corrected chi connectivity index (χ4v) is 2.71. The second-order valence-electron chi connectivity index (χ2n) is 5.88. The Balaban J connectivity index is 2.61. The van der Waals surface area contributed by atoms with Crippen molar-refractivity contribution >= 4 is 29.4 Å². The van der Waals surface area contributed by atoms with Gasteiger partial charge in [-0.2, -0.15) is 15.5 Å². The van der Waals surface area contributed by atoms with Crippen LogP contribution in [0, 0.1) is 22.7 Å². The van der Waals surface area contributed by atoms with Crippen molar-refractivity contribution in [1.29, 1.82) is 10.5 Å². The summed E-state index contributed by atoms with van der Waals surface area (Å²) < 4.78 is 41.3. The third-order valence-electron chi connectivity index (χ3n) is 4.26. The molecule has 0 spiro atoms. The molecule has 9 nitrogen and oxygen atoms in total. The zero-order chi connectivity index (χ0) is 22.5. The lowest BCUT2D eigenvalue weighted by molar-refractivity contribution is -0.141. The highest BCUT2D eigenvalue weighted by Crippen LogP contribution is 2.38. The number of hydrogen-bond acceptors (Lipinski definition) is 7. The van der Waals surface area contributed by atoms with Crippen LogP contribution in [0.15, 0.2) is 28.4 Å². The third-order valence-corrected chi connectivity index (χ3v) is 4.26. The number of azo groups is 1. The van der Waals surface area contributed by atoms with Gasteiger partial charge < -0.3 is 9.47 Å². The average molecular weight is 418 g/mol. The van der Waals surface area contributed by atoms with Crippen LogP contribution in [0.25, 0.3) is 0 Å². The number of carbonyl (C=O) groups excluding carboxylic acids is 1. The van der Waals surface area contributed by atoms with Crippen molar-refractivity contribution in [3.05, 3.63) is 29.6 Å². The van der Waals surface area contributed by atoms with Crippen molar-refractivity contribution in [1.82, 2.24) is 9.55 Å². The Hall–Kier alpha value is -3.93. The van der Waals surface area contributed by atoms with Crippen LogP contribution in [0.3, 0.4) is 0 Å². The number of hydrogen-bond donors (Lipinski definition) is 0. The van der Waals surface area contributed by atoms with Crippen LogP contribution < -0.4 is 9.80 Å². The predicted octanol–water partition coefficient (Wildman–Crippen LogP) is 3.91. The van der Waals surface area contributed by atoms with E-state index < -0.39 is 16.9 Å². The fraction of sp³-hybridized carbons (Fsp3) is 0.333. The molecular weight excluding hydrogens is 401 g/mol. The Morgan fingerprint density at radius 3 is 2.33 bits per heavy atom. The SMILES string of the molecule is CCN(CC)c1ccc(N=Nc2nc(C#N)c(C#N)n2C)c(N(C=O)C(F)(F)F)c1. The Morgan fingerprint density at radius 1 is 1.20 bits per heavy atom. The summed E-state index contributed by atoms with van der Waals surface area (Å²) in [5.41, 5.74) is -0.527. The molecule has 0 bridgehead atoms. The van der Waals surface area contributed by atoms with Crippen LogP contribution in [0.2, 0.25) is 0 Å². The molecular formula is C18H17F3N8O. The average Bonchev–Trinajstić information content (AvgIpc) is 3.02. The van der Waals surface area contributed by atoms with Crippen molar-refractivity contribution in [2.24, 2.45) is 17.3 Å². The molecule has 0 aliphatic rings. The fourth-order valence-electron chi connectivity index (χ4n) is 2.71.